The number of hydrogen-bond acceptors (Lipinski definition) is 7. The van der Waals surface area contributed by atoms with Crippen molar-refractivity contribution in [2.45, 2.75) is 149 Å². The zero-order chi connectivity index (χ0) is 48.5. The van der Waals surface area contributed by atoms with Gasteiger partial charge in [-0.25, -0.2) is 8.78 Å². The van der Waals surface area contributed by atoms with Crippen LogP contribution >= 0.6 is 31.8 Å². The van der Waals surface area contributed by atoms with E-state index in [0.29, 0.717) is 48.6 Å². The molecule has 2 aliphatic carbocycles. The zero-order valence-electron chi connectivity index (χ0n) is 38.6. The molecule has 6 rings (SSSR count). The van der Waals surface area contributed by atoms with Crippen LogP contribution in [0.1, 0.15) is 136 Å². The van der Waals surface area contributed by atoms with Gasteiger partial charge in [0.1, 0.15) is 11.6 Å². The van der Waals surface area contributed by atoms with Gasteiger partial charge in [-0.1, -0.05) is 87.1 Å². The van der Waals surface area contributed by atoms with E-state index in [1.54, 1.807) is 24.3 Å². The van der Waals surface area contributed by atoms with Crippen molar-refractivity contribution in [3.8, 4) is 0 Å². The molecule has 4 aromatic rings. The fraction of sp³-hybridized carbons (Fsp3) is 0.538. The van der Waals surface area contributed by atoms with Crippen LogP contribution < -0.4 is 10.6 Å². The minimum absolute atomic E-state index is 0.125. The van der Waals surface area contributed by atoms with Gasteiger partial charge >= 0.3 is 20.6 Å². The molecule has 0 amide bonds. The lowest BCUT2D eigenvalue weighted by atomic mass is 9.75. The van der Waals surface area contributed by atoms with Gasteiger partial charge in [0.2, 0.25) is 0 Å². The molecule has 0 unspecified atom stereocenters. The lowest BCUT2D eigenvalue weighted by Gasteiger charge is -2.30. The van der Waals surface area contributed by atoms with E-state index < -0.39 is 31.7 Å². The maximum absolute atomic E-state index is 14.7. The molecule has 0 atom stereocenters. The summed E-state index contributed by atoms with van der Waals surface area (Å²) in [6.45, 7) is 1.51. The number of alkyl halides is 6. The Morgan fingerprint density at radius 1 is 0.544 bits per heavy atom. The maximum atomic E-state index is 14.7. The highest BCUT2D eigenvalue weighted by molar-refractivity contribution is 7.99. The summed E-state index contributed by atoms with van der Waals surface area (Å²) in [6, 6.07) is 22.7. The van der Waals surface area contributed by atoms with Gasteiger partial charge in [-0.2, -0.15) is 26.3 Å². The molecule has 0 radical (unpaired) electrons. The summed E-state index contributed by atoms with van der Waals surface area (Å²) in [6.07, 6.45) is 4.59. The summed E-state index contributed by atoms with van der Waals surface area (Å²) in [5.41, 5.74) is 0.816. The van der Waals surface area contributed by atoms with Gasteiger partial charge in [0, 0.05) is 22.9 Å². The first-order valence-corrected chi connectivity index (χ1v) is 27.3. The molecule has 0 bridgehead atoms. The van der Waals surface area contributed by atoms with Crippen LogP contribution in [-0.4, -0.2) is 37.8 Å². The normalized spacial score (nSPS) is 16.0. The Labute approximate surface area is 406 Å². The minimum Gasteiger partial charge on any atom is -0.313 e. The fourth-order valence-electron chi connectivity index (χ4n) is 9.97. The van der Waals surface area contributed by atoms with Crippen molar-refractivity contribution in [2.75, 3.05) is 37.8 Å². The first-order valence-electron chi connectivity index (χ1n) is 24.1. The van der Waals surface area contributed by atoms with Crippen molar-refractivity contribution >= 4 is 31.8 Å². The van der Waals surface area contributed by atoms with Gasteiger partial charge in [-0.05, 0) is 158 Å². The average Bonchev–Trinajstić information content (AvgIpc) is 4.00. The van der Waals surface area contributed by atoms with Gasteiger partial charge in [0.05, 0.1) is 24.3 Å². The van der Waals surface area contributed by atoms with Crippen LogP contribution in [0.15, 0.2) is 94.7 Å². The molecule has 68 heavy (non-hydrogen) atoms. The molecule has 2 fully saturated rings. The quantitative estimate of drug-likeness (QED) is 0.0254. The summed E-state index contributed by atoms with van der Waals surface area (Å²) in [5.74, 6) is 0.712. The molecule has 2 aliphatic rings. The van der Waals surface area contributed by atoms with E-state index >= 15 is 0 Å². The van der Waals surface area contributed by atoms with Crippen LogP contribution in [-0.2, 0) is 49.9 Å². The van der Waals surface area contributed by atoms with Gasteiger partial charge in [0.15, 0.2) is 0 Å². The molecule has 4 aromatic carbocycles. The molecule has 5 nitrogen and oxygen atoms in total. The van der Waals surface area contributed by atoms with E-state index in [2.05, 4.69) is 10.6 Å². The topological polar surface area (TPSA) is 59.6 Å². The van der Waals surface area contributed by atoms with Gasteiger partial charge in [0.25, 0.3) is 0 Å². The number of hydrogen-bond donors (Lipinski definition) is 2. The van der Waals surface area contributed by atoms with Crippen LogP contribution in [0.3, 0.4) is 0 Å². The van der Waals surface area contributed by atoms with Crippen molar-refractivity contribution in [1.29, 1.82) is 0 Å². The summed E-state index contributed by atoms with van der Waals surface area (Å²) in [7, 11) is -2.78. The van der Waals surface area contributed by atoms with E-state index in [4.69, 9.17) is 9.05 Å². The Morgan fingerprint density at radius 2 is 0.941 bits per heavy atom. The number of rotatable bonds is 28. The van der Waals surface area contributed by atoms with Crippen molar-refractivity contribution in [2.24, 2.45) is 0 Å². The van der Waals surface area contributed by atoms with Crippen LogP contribution in [0.5, 0.6) is 0 Å². The Balaban J connectivity index is 0.816. The lowest BCUT2D eigenvalue weighted by Crippen LogP contribution is -2.23. The molecular formula is C52H65F8N2O3PS2. The van der Waals surface area contributed by atoms with Crippen molar-refractivity contribution < 1.29 is 48.7 Å². The van der Waals surface area contributed by atoms with E-state index in [1.165, 1.54) is 59.9 Å². The second kappa shape index (κ2) is 26.5. The first-order chi connectivity index (χ1) is 32.7. The zero-order valence-corrected chi connectivity index (χ0v) is 41.3. The third-order valence-electron chi connectivity index (χ3n) is 13.4. The Morgan fingerprint density at radius 3 is 1.32 bits per heavy atom. The molecule has 0 aliphatic heterocycles. The number of benzene rings is 4. The predicted octanol–water partition coefficient (Wildman–Crippen LogP) is 15.6. The molecule has 0 heterocycles. The fourth-order valence-corrected chi connectivity index (χ4v) is 12.8. The van der Waals surface area contributed by atoms with Crippen molar-refractivity contribution in [3.05, 3.63) is 130 Å². The van der Waals surface area contributed by atoms with Gasteiger partial charge < -0.3 is 19.7 Å². The molecule has 0 aromatic heterocycles. The molecular weight excluding hydrogens is 948 g/mol. The highest BCUT2D eigenvalue weighted by atomic mass is 32.2. The molecule has 0 spiro atoms. The Bertz CT molecular complexity index is 2050. The number of unbranched alkanes of at least 4 members (excludes halogenated alkanes) is 2. The number of halogens is 8. The molecule has 2 saturated carbocycles. The summed E-state index contributed by atoms with van der Waals surface area (Å²) < 4.78 is 137. The van der Waals surface area contributed by atoms with E-state index in [9.17, 15) is 39.7 Å². The summed E-state index contributed by atoms with van der Waals surface area (Å²) in [5, 5.41) is 6.22. The minimum atomic E-state index is -4.51. The van der Waals surface area contributed by atoms with Crippen molar-refractivity contribution in [1.82, 2.24) is 10.6 Å². The molecule has 16 heteroatoms. The number of thioether (sulfide) groups is 2. The van der Waals surface area contributed by atoms with Crippen LogP contribution in [0.4, 0.5) is 35.1 Å². The second-order valence-corrected chi connectivity index (χ2v) is 21.6. The third-order valence-corrected chi connectivity index (χ3v) is 16.6. The Kier molecular flexibility index (Phi) is 21.2. The second-order valence-electron chi connectivity index (χ2n) is 18.2. The maximum Gasteiger partial charge on any atom is 0.417 e. The molecule has 374 valence electrons. The first kappa shape index (κ1) is 54.4. The third kappa shape index (κ3) is 16.1. The van der Waals surface area contributed by atoms with Crippen LogP contribution in [0.2, 0.25) is 0 Å². The summed E-state index contributed by atoms with van der Waals surface area (Å²) in [4.78, 5) is 0.379. The number of nitrogens with one attached hydrogen (secondary N) is 2. The highest BCUT2D eigenvalue weighted by Gasteiger charge is 2.39. The van der Waals surface area contributed by atoms with E-state index in [1.807, 2.05) is 24.3 Å². The van der Waals surface area contributed by atoms with Gasteiger partial charge in [-0.15, -0.1) is 23.5 Å². The highest BCUT2D eigenvalue weighted by Crippen LogP contribution is 2.48. The van der Waals surface area contributed by atoms with Crippen molar-refractivity contribution in [3.63, 3.8) is 0 Å². The predicted molar refractivity (Wildman–Crippen MR) is 259 cm³/mol. The SMILES string of the molecule is O=[PH](OCCCNCc1ccc(SCCCCC2(c3ccccc3F)CCCC2)c(C(F)(F)F)c1)OCCCNCc1ccc(SCCCCC2(c3ccccc3F)CCCC2)c(C(F)(F)F)c1. The summed E-state index contributed by atoms with van der Waals surface area (Å²) >= 11 is 2.40. The molecule has 0 saturated heterocycles. The average molecular weight is 1010 g/mol. The molecule has 2 N–H and O–H groups in total. The lowest BCUT2D eigenvalue weighted by molar-refractivity contribution is -0.140. The van der Waals surface area contributed by atoms with E-state index in [-0.39, 0.29) is 58.6 Å². The Hall–Kier alpha value is -2.91. The van der Waals surface area contributed by atoms with Crippen LogP contribution in [0, 0.1) is 11.6 Å². The largest absolute Gasteiger partial charge is 0.417 e. The van der Waals surface area contributed by atoms with Crippen LogP contribution in [0.25, 0.3) is 0 Å². The monoisotopic (exact) mass is 1010 g/mol. The smallest absolute Gasteiger partial charge is 0.313 e. The van der Waals surface area contributed by atoms with Gasteiger partial charge in [-0.3, -0.25) is 4.57 Å². The standard InChI is InChI=1S/C52H65F8N2O3PS2/c53-45-17-3-1-15-41(45)49(23-5-6-24-49)27-9-11-33-67-47-21-19-39(35-43(47)51(55,56)57)37-61-29-13-31-64-66(63)65-32-14-30-62-38-40-20-22-48(44(36-40)52(58,59)60)68-34-12-10-28-50(25-7-8-26-50)42-16-2-4-18-46(42)54/h1-4,15-22,35-36,61-62,66H,5-14,23-34,37-38H2. The van der Waals surface area contributed by atoms with E-state index in [0.717, 1.165) is 101 Å².